The number of aryl methyl sites for hydroxylation is 4. The summed E-state index contributed by atoms with van der Waals surface area (Å²) in [5.74, 6) is 0.933. The highest BCUT2D eigenvalue weighted by molar-refractivity contribution is 7.80. The molecule has 0 unspecified atom stereocenters. The molecule has 0 amide bonds. The molecule has 5 rings (SSSR count). The molecule has 1 aliphatic rings. The van der Waals surface area contributed by atoms with Gasteiger partial charge in [0.25, 0.3) is 0 Å². The van der Waals surface area contributed by atoms with Gasteiger partial charge in [-0.2, -0.15) is 0 Å². The van der Waals surface area contributed by atoms with Crippen molar-refractivity contribution < 1.29 is 0 Å². The largest absolute Gasteiger partial charge is 0.351 e. The van der Waals surface area contributed by atoms with Crippen LogP contribution in [0.5, 0.6) is 0 Å². The van der Waals surface area contributed by atoms with E-state index in [9.17, 15) is 0 Å². The minimum absolute atomic E-state index is 0.0478. The van der Waals surface area contributed by atoms with Gasteiger partial charge in [0.1, 0.15) is 5.82 Å². The van der Waals surface area contributed by atoms with E-state index in [0.29, 0.717) is 5.11 Å². The fourth-order valence-corrected chi connectivity index (χ4v) is 5.47. The van der Waals surface area contributed by atoms with Gasteiger partial charge in [0, 0.05) is 29.5 Å². The topological polar surface area (TPSA) is 46.0 Å². The average Bonchev–Trinajstić information content (AvgIpc) is 3.29. The Bertz CT molecular complexity index is 1350. The zero-order valence-corrected chi connectivity index (χ0v) is 21.0. The summed E-state index contributed by atoms with van der Waals surface area (Å²) in [6.45, 7) is 10.7. The zero-order valence-electron chi connectivity index (χ0n) is 20.2. The van der Waals surface area contributed by atoms with E-state index in [1.54, 1.807) is 0 Å². The highest BCUT2D eigenvalue weighted by Crippen LogP contribution is 2.44. The zero-order chi connectivity index (χ0) is 24.0. The highest BCUT2D eigenvalue weighted by atomic mass is 32.1. The Labute approximate surface area is 206 Å². The van der Waals surface area contributed by atoms with Crippen molar-refractivity contribution in [3.05, 3.63) is 106 Å². The molecular weight excluding hydrogens is 438 g/mol. The Morgan fingerprint density at radius 2 is 1.59 bits per heavy atom. The summed E-state index contributed by atoms with van der Waals surface area (Å²) in [5, 5.41) is 4.29. The van der Waals surface area contributed by atoms with Crippen LogP contribution in [0.4, 0.5) is 5.69 Å². The number of thiocarbonyl (C=S) groups is 1. The highest BCUT2D eigenvalue weighted by Gasteiger charge is 2.42. The quantitative estimate of drug-likeness (QED) is 0.374. The van der Waals surface area contributed by atoms with Crippen LogP contribution in [-0.2, 0) is 0 Å². The smallest absolute Gasteiger partial charge is 0.174 e. The van der Waals surface area contributed by atoms with Gasteiger partial charge in [-0.05, 0) is 112 Å². The Morgan fingerprint density at radius 1 is 0.824 bits per heavy atom. The van der Waals surface area contributed by atoms with Crippen molar-refractivity contribution in [2.45, 2.75) is 46.7 Å². The predicted octanol–water partition coefficient (Wildman–Crippen LogP) is 5.99. The van der Waals surface area contributed by atoms with Gasteiger partial charge in [-0.25, -0.2) is 4.98 Å². The van der Waals surface area contributed by atoms with Crippen molar-refractivity contribution in [3.8, 4) is 5.82 Å². The van der Waals surface area contributed by atoms with E-state index in [0.717, 1.165) is 28.6 Å². The lowest BCUT2D eigenvalue weighted by molar-refractivity contribution is 0.565. The average molecular weight is 468 g/mol. The summed E-state index contributed by atoms with van der Waals surface area (Å²) in [7, 11) is 0. The maximum atomic E-state index is 5.92. The molecule has 4 heterocycles. The fourth-order valence-electron chi connectivity index (χ4n) is 5.12. The second-order valence-electron chi connectivity index (χ2n) is 9.20. The summed E-state index contributed by atoms with van der Waals surface area (Å²) in [6, 6.07) is 18.9. The molecule has 0 saturated carbocycles. The van der Waals surface area contributed by atoms with Gasteiger partial charge in [0.15, 0.2) is 5.11 Å². The molecule has 34 heavy (non-hydrogen) atoms. The predicted molar refractivity (Wildman–Crippen MR) is 142 cm³/mol. The van der Waals surface area contributed by atoms with Crippen LogP contribution in [0.1, 0.15) is 51.4 Å². The summed E-state index contributed by atoms with van der Waals surface area (Å²) in [6.07, 6.45) is 3.71. The van der Waals surface area contributed by atoms with E-state index < -0.39 is 0 Å². The first-order valence-electron chi connectivity index (χ1n) is 11.5. The summed E-state index contributed by atoms with van der Waals surface area (Å²) < 4.78 is 2.23. The molecule has 172 valence electrons. The maximum absolute atomic E-state index is 5.92. The van der Waals surface area contributed by atoms with E-state index in [1.165, 1.54) is 22.3 Å². The molecule has 1 aromatic carbocycles. The molecule has 5 nitrogen and oxygen atoms in total. The Kier molecular flexibility index (Phi) is 5.70. The minimum atomic E-state index is -0.0751. The van der Waals surface area contributed by atoms with Crippen molar-refractivity contribution in [3.63, 3.8) is 0 Å². The molecule has 0 spiro atoms. The number of nitrogens with zero attached hydrogens (tertiary/aromatic N) is 4. The van der Waals surface area contributed by atoms with E-state index in [-0.39, 0.29) is 12.1 Å². The van der Waals surface area contributed by atoms with Crippen molar-refractivity contribution in [1.82, 2.24) is 19.9 Å². The van der Waals surface area contributed by atoms with Crippen LogP contribution in [0.2, 0.25) is 0 Å². The number of aromatic nitrogens is 3. The fraction of sp³-hybridized carbons (Fsp3) is 0.250. The first-order chi connectivity index (χ1) is 16.3. The molecule has 1 saturated heterocycles. The monoisotopic (exact) mass is 467 g/mol. The Hall–Kier alpha value is -3.51. The minimum Gasteiger partial charge on any atom is -0.351 e. The molecule has 1 N–H and O–H groups in total. The number of hydrogen-bond donors (Lipinski definition) is 1. The second kappa shape index (κ2) is 8.69. The first kappa shape index (κ1) is 22.3. The third-order valence-electron chi connectivity index (χ3n) is 6.50. The van der Waals surface area contributed by atoms with Crippen molar-refractivity contribution in [2.75, 3.05) is 4.90 Å². The molecule has 0 bridgehead atoms. The number of rotatable bonds is 4. The van der Waals surface area contributed by atoms with Gasteiger partial charge >= 0.3 is 0 Å². The van der Waals surface area contributed by atoms with Gasteiger partial charge in [-0.3, -0.25) is 4.98 Å². The lowest BCUT2D eigenvalue weighted by Crippen LogP contribution is -2.29. The molecule has 1 fully saturated rings. The second-order valence-corrected chi connectivity index (χ2v) is 9.58. The molecule has 6 heteroatoms. The van der Waals surface area contributed by atoms with Gasteiger partial charge < -0.3 is 14.8 Å². The molecule has 2 atom stereocenters. The third kappa shape index (κ3) is 3.88. The lowest BCUT2D eigenvalue weighted by atomic mass is 9.96. The van der Waals surface area contributed by atoms with Crippen molar-refractivity contribution in [2.24, 2.45) is 0 Å². The number of hydrogen-bond acceptors (Lipinski definition) is 3. The molecule has 4 aromatic rings. The standard InChI is InChI=1S/C28H29N5S/c1-17-9-11-30-25(15-17)32-20(4)16-23(21(32)5)27-26(24-8-6-7-10-29-24)31-28(34)33(27)22-13-18(2)12-19(3)14-22/h6-16,26-27H,1-5H3,(H,31,34)/t26-,27+/m0/s1. The van der Waals surface area contributed by atoms with E-state index in [2.05, 4.69) is 90.8 Å². The van der Waals surface area contributed by atoms with Crippen LogP contribution >= 0.6 is 12.2 Å². The van der Waals surface area contributed by atoms with Crippen LogP contribution in [0.3, 0.4) is 0 Å². The normalized spacial score (nSPS) is 17.8. The first-order valence-corrected chi connectivity index (χ1v) is 11.9. The summed E-state index contributed by atoms with van der Waals surface area (Å²) >= 11 is 5.92. The van der Waals surface area contributed by atoms with Crippen LogP contribution in [0.15, 0.2) is 67.0 Å². The van der Waals surface area contributed by atoms with Gasteiger partial charge in [0.2, 0.25) is 0 Å². The van der Waals surface area contributed by atoms with E-state index >= 15 is 0 Å². The van der Waals surface area contributed by atoms with Gasteiger partial charge in [-0.1, -0.05) is 12.1 Å². The van der Waals surface area contributed by atoms with E-state index in [1.807, 2.05) is 30.6 Å². The van der Waals surface area contributed by atoms with Crippen LogP contribution in [0, 0.1) is 34.6 Å². The molecular formula is C28H29N5S. The Balaban J connectivity index is 1.70. The third-order valence-corrected chi connectivity index (χ3v) is 6.82. The van der Waals surface area contributed by atoms with Gasteiger partial charge in [0.05, 0.1) is 17.8 Å². The molecule has 3 aromatic heterocycles. The van der Waals surface area contributed by atoms with Crippen LogP contribution in [0.25, 0.3) is 5.82 Å². The van der Waals surface area contributed by atoms with Gasteiger partial charge in [-0.15, -0.1) is 0 Å². The lowest BCUT2D eigenvalue weighted by Gasteiger charge is -2.28. The SMILES string of the molecule is Cc1cc(C)cc(N2C(=S)N[C@@H](c3ccccn3)[C@H]2c2cc(C)n(-c3cc(C)ccn3)c2C)c1. The number of anilines is 1. The van der Waals surface area contributed by atoms with Crippen molar-refractivity contribution in [1.29, 1.82) is 0 Å². The summed E-state index contributed by atoms with van der Waals surface area (Å²) in [5.41, 5.74) is 9.19. The number of benzene rings is 1. The maximum Gasteiger partial charge on any atom is 0.174 e. The van der Waals surface area contributed by atoms with Crippen molar-refractivity contribution >= 4 is 23.0 Å². The van der Waals surface area contributed by atoms with Crippen LogP contribution in [-0.4, -0.2) is 19.6 Å². The molecule has 0 aliphatic carbocycles. The molecule has 1 aliphatic heterocycles. The Morgan fingerprint density at radius 3 is 2.26 bits per heavy atom. The van der Waals surface area contributed by atoms with Crippen LogP contribution < -0.4 is 10.2 Å². The summed E-state index contributed by atoms with van der Waals surface area (Å²) in [4.78, 5) is 11.6. The number of pyridine rings is 2. The number of nitrogens with one attached hydrogen (secondary N) is 1. The van der Waals surface area contributed by atoms with E-state index in [4.69, 9.17) is 17.2 Å². The molecule has 0 radical (unpaired) electrons.